The summed E-state index contributed by atoms with van der Waals surface area (Å²) in [5.41, 5.74) is 3.94. The predicted molar refractivity (Wildman–Crippen MR) is 108 cm³/mol. The highest BCUT2D eigenvalue weighted by molar-refractivity contribution is 5.88. The molecule has 5 rings (SSSR count). The Morgan fingerprint density at radius 3 is 2.69 bits per heavy atom. The summed E-state index contributed by atoms with van der Waals surface area (Å²) >= 11 is 0. The molecule has 6 heteroatoms. The van der Waals surface area contributed by atoms with Gasteiger partial charge in [-0.2, -0.15) is 0 Å². The van der Waals surface area contributed by atoms with Crippen LogP contribution in [0.2, 0.25) is 0 Å². The van der Waals surface area contributed by atoms with E-state index in [1.807, 2.05) is 29.0 Å². The highest BCUT2D eigenvalue weighted by Gasteiger charge is 2.43. The predicted octanol–water partition coefficient (Wildman–Crippen LogP) is 3.72. The number of aromatic carboxylic acids is 1. The number of carboxylic acid groups (broad SMARTS) is 1. The second kappa shape index (κ2) is 6.30. The third-order valence-electron chi connectivity index (χ3n) is 6.27. The van der Waals surface area contributed by atoms with Crippen molar-refractivity contribution in [2.24, 2.45) is 0 Å². The average molecular weight is 388 g/mol. The molecule has 2 aromatic heterocycles. The molecule has 1 fully saturated rings. The molecule has 0 atom stereocenters. The minimum absolute atomic E-state index is 0.166. The smallest absolute Gasteiger partial charge is 0.341 e. The number of ether oxygens (including phenoxy) is 1. The van der Waals surface area contributed by atoms with Crippen molar-refractivity contribution in [2.75, 3.05) is 7.11 Å². The van der Waals surface area contributed by atoms with Gasteiger partial charge in [-0.25, -0.2) is 4.79 Å². The summed E-state index contributed by atoms with van der Waals surface area (Å²) in [5, 5.41) is 9.43. The SMILES string of the molecule is COc1cc2c(cc1-c1cccnc1)CC1(CCC1)n1cc(C(=O)O)c(=O)cc1-2. The maximum atomic E-state index is 12.5. The van der Waals surface area contributed by atoms with Gasteiger partial charge in [0.25, 0.3) is 0 Å². The van der Waals surface area contributed by atoms with E-state index in [4.69, 9.17) is 4.74 Å². The lowest BCUT2D eigenvalue weighted by molar-refractivity contribution is 0.0691. The second-order valence-electron chi connectivity index (χ2n) is 7.82. The monoisotopic (exact) mass is 388 g/mol. The fourth-order valence-corrected chi connectivity index (χ4v) is 4.66. The Bertz CT molecular complexity index is 1190. The van der Waals surface area contributed by atoms with Crippen LogP contribution >= 0.6 is 0 Å². The molecule has 2 aliphatic rings. The van der Waals surface area contributed by atoms with E-state index in [-0.39, 0.29) is 11.1 Å². The van der Waals surface area contributed by atoms with E-state index in [0.717, 1.165) is 53.6 Å². The molecule has 0 unspecified atom stereocenters. The number of carbonyl (C=O) groups is 1. The molecule has 146 valence electrons. The van der Waals surface area contributed by atoms with Gasteiger partial charge in [-0.05, 0) is 49.4 Å². The van der Waals surface area contributed by atoms with Gasteiger partial charge < -0.3 is 14.4 Å². The first kappa shape index (κ1) is 17.7. The first-order valence-electron chi connectivity index (χ1n) is 9.64. The van der Waals surface area contributed by atoms with Crippen LogP contribution in [0.4, 0.5) is 0 Å². The summed E-state index contributed by atoms with van der Waals surface area (Å²) in [6, 6.07) is 9.44. The van der Waals surface area contributed by atoms with Crippen molar-refractivity contribution in [2.45, 2.75) is 31.2 Å². The fourth-order valence-electron chi connectivity index (χ4n) is 4.66. The molecule has 1 spiro atoms. The second-order valence-corrected chi connectivity index (χ2v) is 7.82. The minimum atomic E-state index is -1.19. The lowest BCUT2D eigenvalue weighted by atomic mass is 9.69. The number of carboxylic acids is 1. The molecule has 1 aliphatic carbocycles. The Morgan fingerprint density at radius 1 is 1.24 bits per heavy atom. The molecular weight excluding hydrogens is 368 g/mol. The number of nitrogens with zero attached hydrogens (tertiary/aromatic N) is 2. The van der Waals surface area contributed by atoms with E-state index in [0.29, 0.717) is 5.75 Å². The topological polar surface area (TPSA) is 81.4 Å². The Hall–Kier alpha value is -3.41. The Labute approximate surface area is 167 Å². The third kappa shape index (κ3) is 2.59. The molecule has 0 radical (unpaired) electrons. The molecule has 1 aromatic carbocycles. The molecular formula is C23H20N2O4. The van der Waals surface area contributed by atoms with Gasteiger partial charge in [0.05, 0.1) is 12.8 Å². The van der Waals surface area contributed by atoms with Gasteiger partial charge in [0, 0.05) is 46.9 Å². The summed E-state index contributed by atoms with van der Waals surface area (Å²) in [7, 11) is 1.62. The van der Waals surface area contributed by atoms with Gasteiger partial charge in [-0.3, -0.25) is 9.78 Å². The van der Waals surface area contributed by atoms with Crippen LogP contribution in [0.15, 0.2) is 53.7 Å². The van der Waals surface area contributed by atoms with Crippen molar-refractivity contribution in [1.82, 2.24) is 9.55 Å². The number of hydrogen-bond acceptors (Lipinski definition) is 4. The molecule has 1 aliphatic heterocycles. The van der Waals surface area contributed by atoms with E-state index in [1.165, 1.54) is 12.3 Å². The molecule has 0 bridgehead atoms. The first-order chi connectivity index (χ1) is 14.0. The number of rotatable bonds is 3. The number of aromatic nitrogens is 2. The molecule has 1 saturated carbocycles. The van der Waals surface area contributed by atoms with Gasteiger partial charge >= 0.3 is 5.97 Å². The zero-order valence-electron chi connectivity index (χ0n) is 16.0. The van der Waals surface area contributed by atoms with Gasteiger partial charge in [0.1, 0.15) is 11.3 Å². The molecule has 6 nitrogen and oxygen atoms in total. The molecule has 3 aromatic rings. The summed E-state index contributed by atoms with van der Waals surface area (Å²) < 4.78 is 7.68. The van der Waals surface area contributed by atoms with Crippen molar-refractivity contribution < 1.29 is 14.6 Å². The van der Waals surface area contributed by atoms with Gasteiger partial charge in [-0.1, -0.05) is 6.07 Å². The number of pyridine rings is 2. The number of hydrogen-bond donors (Lipinski definition) is 1. The van der Waals surface area contributed by atoms with Gasteiger partial charge in [0.2, 0.25) is 0 Å². The van der Waals surface area contributed by atoms with Crippen LogP contribution in [0.3, 0.4) is 0 Å². The average Bonchev–Trinajstić information content (AvgIpc) is 2.71. The highest BCUT2D eigenvalue weighted by Crippen LogP contribution is 2.50. The lowest BCUT2D eigenvalue weighted by Crippen LogP contribution is -2.46. The van der Waals surface area contributed by atoms with E-state index in [9.17, 15) is 14.7 Å². The quantitative estimate of drug-likeness (QED) is 0.740. The van der Waals surface area contributed by atoms with Crippen molar-refractivity contribution in [3.05, 3.63) is 70.3 Å². The van der Waals surface area contributed by atoms with Crippen molar-refractivity contribution >= 4 is 5.97 Å². The van der Waals surface area contributed by atoms with E-state index >= 15 is 0 Å². The van der Waals surface area contributed by atoms with Crippen LogP contribution in [0, 0.1) is 0 Å². The molecule has 29 heavy (non-hydrogen) atoms. The zero-order valence-corrected chi connectivity index (χ0v) is 16.0. The highest BCUT2D eigenvalue weighted by atomic mass is 16.5. The molecule has 3 heterocycles. The molecule has 1 N–H and O–H groups in total. The van der Waals surface area contributed by atoms with Crippen molar-refractivity contribution in [1.29, 1.82) is 0 Å². The summed E-state index contributed by atoms with van der Waals surface area (Å²) in [4.78, 5) is 28.2. The largest absolute Gasteiger partial charge is 0.496 e. The third-order valence-corrected chi connectivity index (χ3v) is 6.27. The van der Waals surface area contributed by atoms with Crippen LogP contribution < -0.4 is 10.2 Å². The van der Waals surface area contributed by atoms with E-state index in [1.54, 1.807) is 13.3 Å². The van der Waals surface area contributed by atoms with Crippen LogP contribution in [0.5, 0.6) is 5.75 Å². The standard InChI is InChI=1S/C23H20N2O4/c1-29-21-9-16-15(8-17(21)14-4-2-7-24-12-14)11-23(5-3-6-23)25-13-18(22(27)28)20(26)10-19(16)25/h2,4,7-10,12-13H,3,5-6,11H2,1H3,(H,27,28). The Morgan fingerprint density at radius 2 is 2.07 bits per heavy atom. The normalized spacial score (nSPS) is 15.9. The van der Waals surface area contributed by atoms with Crippen molar-refractivity contribution in [3.8, 4) is 28.1 Å². The zero-order chi connectivity index (χ0) is 20.2. The molecule has 0 saturated heterocycles. The Balaban J connectivity index is 1.77. The number of fused-ring (bicyclic) bond motifs is 4. The van der Waals surface area contributed by atoms with Crippen LogP contribution in [0.1, 0.15) is 35.2 Å². The van der Waals surface area contributed by atoms with Crippen LogP contribution in [-0.2, 0) is 12.0 Å². The summed E-state index contributed by atoms with van der Waals surface area (Å²) in [5.74, 6) is -0.488. The maximum Gasteiger partial charge on any atom is 0.341 e. The number of methoxy groups -OCH3 is 1. The number of benzene rings is 1. The Kier molecular flexibility index (Phi) is 3.84. The summed E-state index contributed by atoms with van der Waals surface area (Å²) in [6.45, 7) is 0. The van der Waals surface area contributed by atoms with Crippen LogP contribution in [-0.4, -0.2) is 27.7 Å². The van der Waals surface area contributed by atoms with Crippen molar-refractivity contribution in [3.63, 3.8) is 0 Å². The van der Waals surface area contributed by atoms with Crippen LogP contribution in [0.25, 0.3) is 22.4 Å². The molecule has 0 amide bonds. The van der Waals surface area contributed by atoms with E-state index < -0.39 is 11.4 Å². The maximum absolute atomic E-state index is 12.5. The first-order valence-corrected chi connectivity index (χ1v) is 9.64. The minimum Gasteiger partial charge on any atom is -0.496 e. The van der Waals surface area contributed by atoms with Gasteiger partial charge in [-0.15, -0.1) is 0 Å². The fraction of sp³-hybridized carbons (Fsp3) is 0.261. The summed E-state index contributed by atoms with van der Waals surface area (Å²) in [6.07, 6.45) is 8.91. The van der Waals surface area contributed by atoms with E-state index in [2.05, 4.69) is 11.1 Å². The lowest BCUT2D eigenvalue weighted by Gasteiger charge is -2.49. The van der Waals surface area contributed by atoms with Gasteiger partial charge in [0.15, 0.2) is 5.43 Å².